The van der Waals surface area contributed by atoms with E-state index < -0.39 is 0 Å². The molecule has 0 saturated carbocycles. The van der Waals surface area contributed by atoms with Gasteiger partial charge in [-0.3, -0.25) is 9.59 Å². The molecule has 0 radical (unpaired) electrons. The van der Waals surface area contributed by atoms with Gasteiger partial charge in [0.1, 0.15) is 5.60 Å². The fraction of sp³-hybridized carbons (Fsp3) is 0.500. The predicted octanol–water partition coefficient (Wildman–Crippen LogP) is 3.26. The summed E-state index contributed by atoms with van der Waals surface area (Å²) in [4.78, 5) is 23.9. The van der Waals surface area contributed by atoms with Gasteiger partial charge in [-0.1, -0.05) is 6.58 Å². The fourth-order valence-electron chi connectivity index (χ4n) is 2.54. The second-order valence-corrected chi connectivity index (χ2v) is 5.70. The van der Waals surface area contributed by atoms with E-state index in [0.717, 1.165) is 25.0 Å². The van der Waals surface area contributed by atoms with E-state index in [-0.39, 0.29) is 17.2 Å². The number of hydrogen-bond acceptors (Lipinski definition) is 3. The number of ether oxygens (including phenoxy) is 1. The molecular weight excluding hydrogens is 240 g/mol. The van der Waals surface area contributed by atoms with Crippen molar-refractivity contribution in [2.75, 3.05) is 0 Å². The van der Waals surface area contributed by atoms with E-state index in [0.29, 0.717) is 23.1 Å². The zero-order chi connectivity index (χ0) is 14.2. The van der Waals surface area contributed by atoms with Gasteiger partial charge < -0.3 is 4.74 Å². The summed E-state index contributed by atoms with van der Waals surface area (Å²) in [5.74, 6) is 0.765. The smallest absolute Gasteiger partial charge is 0.185 e. The molecule has 1 fully saturated rings. The molecule has 3 nitrogen and oxygen atoms in total. The first-order valence-electron chi connectivity index (χ1n) is 6.66. The van der Waals surface area contributed by atoms with Gasteiger partial charge in [-0.15, -0.1) is 0 Å². The van der Waals surface area contributed by atoms with Crippen LogP contribution in [0.4, 0.5) is 0 Å². The summed E-state index contributed by atoms with van der Waals surface area (Å²) >= 11 is 0. The maximum Gasteiger partial charge on any atom is 0.185 e. The van der Waals surface area contributed by atoms with Crippen molar-refractivity contribution >= 4 is 11.6 Å². The Morgan fingerprint density at radius 2 is 2.00 bits per heavy atom. The first-order chi connectivity index (χ1) is 8.82. The zero-order valence-electron chi connectivity index (χ0n) is 11.8. The van der Waals surface area contributed by atoms with Crippen molar-refractivity contribution in [2.45, 2.75) is 52.1 Å². The van der Waals surface area contributed by atoms with E-state index in [1.807, 2.05) is 6.92 Å². The summed E-state index contributed by atoms with van der Waals surface area (Å²) in [6.07, 6.45) is 4.61. The standard InChI is InChI=1S/C16H20O3/c1-10-5-7-16(4,19-10)8-6-13-9-14(17)11(2)12(3)15(13)18/h9H,1,5-8H2,2-4H3. The molecule has 0 spiro atoms. The van der Waals surface area contributed by atoms with Gasteiger partial charge >= 0.3 is 0 Å². The summed E-state index contributed by atoms with van der Waals surface area (Å²) < 4.78 is 5.72. The number of Topliss-reactive ketones (excluding diaryl/α,β-unsaturated/α-hetero) is 1. The summed E-state index contributed by atoms with van der Waals surface area (Å²) in [5, 5.41) is 0. The second kappa shape index (κ2) is 4.80. The first-order valence-corrected chi connectivity index (χ1v) is 6.66. The highest BCUT2D eigenvalue weighted by molar-refractivity contribution is 6.22. The van der Waals surface area contributed by atoms with Crippen LogP contribution in [0.2, 0.25) is 0 Å². The van der Waals surface area contributed by atoms with Gasteiger partial charge in [0, 0.05) is 23.1 Å². The van der Waals surface area contributed by atoms with E-state index in [2.05, 4.69) is 6.58 Å². The minimum Gasteiger partial charge on any atom is -0.493 e. The number of ketones is 2. The van der Waals surface area contributed by atoms with Crippen LogP contribution in [0.3, 0.4) is 0 Å². The van der Waals surface area contributed by atoms with Crippen LogP contribution in [0.25, 0.3) is 0 Å². The summed E-state index contributed by atoms with van der Waals surface area (Å²) in [5.41, 5.74) is 1.50. The number of hydrogen-bond donors (Lipinski definition) is 0. The highest BCUT2D eigenvalue weighted by Gasteiger charge is 2.33. The third kappa shape index (κ3) is 2.70. The highest BCUT2D eigenvalue weighted by Crippen LogP contribution is 2.36. The van der Waals surface area contributed by atoms with Crippen LogP contribution in [-0.4, -0.2) is 17.2 Å². The van der Waals surface area contributed by atoms with E-state index in [1.54, 1.807) is 13.8 Å². The van der Waals surface area contributed by atoms with Crippen molar-refractivity contribution in [3.8, 4) is 0 Å². The first kappa shape index (κ1) is 13.8. The molecule has 0 aromatic rings. The van der Waals surface area contributed by atoms with Gasteiger partial charge in [0.15, 0.2) is 11.6 Å². The van der Waals surface area contributed by atoms with Crippen molar-refractivity contribution in [1.29, 1.82) is 0 Å². The average molecular weight is 260 g/mol. The van der Waals surface area contributed by atoms with E-state index in [9.17, 15) is 9.59 Å². The summed E-state index contributed by atoms with van der Waals surface area (Å²) in [6, 6.07) is 0. The number of allylic oxidation sites excluding steroid dienone is 5. The van der Waals surface area contributed by atoms with Gasteiger partial charge in [0.2, 0.25) is 0 Å². The van der Waals surface area contributed by atoms with Crippen molar-refractivity contribution in [1.82, 2.24) is 0 Å². The Morgan fingerprint density at radius 3 is 2.58 bits per heavy atom. The van der Waals surface area contributed by atoms with Crippen LogP contribution in [0.5, 0.6) is 0 Å². The van der Waals surface area contributed by atoms with Crippen LogP contribution in [-0.2, 0) is 14.3 Å². The molecule has 1 saturated heterocycles. The molecule has 1 heterocycles. The molecule has 0 N–H and O–H groups in total. The largest absolute Gasteiger partial charge is 0.493 e. The van der Waals surface area contributed by atoms with Crippen LogP contribution < -0.4 is 0 Å². The molecule has 3 heteroatoms. The molecule has 2 aliphatic rings. The Balaban J connectivity index is 2.05. The van der Waals surface area contributed by atoms with Crippen molar-refractivity contribution in [3.63, 3.8) is 0 Å². The predicted molar refractivity (Wildman–Crippen MR) is 73.6 cm³/mol. The molecule has 1 atom stereocenters. The molecule has 0 aromatic heterocycles. The topological polar surface area (TPSA) is 43.4 Å². The molecular formula is C16H20O3. The molecule has 2 rings (SSSR count). The summed E-state index contributed by atoms with van der Waals surface area (Å²) in [6.45, 7) is 9.29. The molecule has 0 aromatic carbocycles. The van der Waals surface area contributed by atoms with Gasteiger partial charge in [-0.05, 0) is 46.1 Å². The second-order valence-electron chi connectivity index (χ2n) is 5.70. The highest BCUT2D eigenvalue weighted by atomic mass is 16.5. The minimum absolute atomic E-state index is 0.00229. The van der Waals surface area contributed by atoms with Crippen molar-refractivity contribution in [2.24, 2.45) is 0 Å². The molecule has 0 bridgehead atoms. The molecule has 0 amide bonds. The van der Waals surface area contributed by atoms with Crippen LogP contribution >= 0.6 is 0 Å². The zero-order valence-corrected chi connectivity index (χ0v) is 11.8. The maximum atomic E-state index is 12.1. The Hall–Kier alpha value is -1.64. The Kier molecular flexibility index (Phi) is 3.48. The third-order valence-electron chi connectivity index (χ3n) is 4.12. The molecule has 102 valence electrons. The Labute approximate surface area is 114 Å². The lowest BCUT2D eigenvalue weighted by atomic mass is 9.86. The Bertz CT molecular complexity index is 522. The van der Waals surface area contributed by atoms with Crippen LogP contribution in [0, 0.1) is 0 Å². The number of rotatable bonds is 3. The van der Waals surface area contributed by atoms with Crippen LogP contribution in [0.15, 0.2) is 35.1 Å². The maximum absolute atomic E-state index is 12.1. The lowest BCUT2D eigenvalue weighted by Gasteiger charge is -2.24. The third-order valence-corrected chi connectivity index (χ3v) is 4.12. The van der Waals surface area contributed by atoms with Gasteiger partial charge in [0.05, 0.1) is 5.76 Å². The fourth-order valence-corrected chi connectivity index (χ4v) is 2.54. The number of carbonyl (C=O) groups is 2. The van der Waals surface area contributed by atoms with E-state index in [4.69, 9.17) is 4.74 Å². The lowest BCUT2D eigenvalue weighted by Crippen LogP contribution is -2.24. The molecule has 1 unspecified atom stereocenters. The van der Waals surface area contributed by atoms with Crippen molar-refractivity contribution < 1.29 is 14.3 Å². The van der Waals surface area contributed by atoms with Crippen LogP contribution in [0.1, 0.15) is 46.5 Å². The summed E-state index contributed by atoms with van der Waals surface area (Å²) in [7, 11) is 0. The minimum atomic E-state index is -0.245. The Morgan fingerprint density at radius 1 is 1.32 bits per heavy atom. The van der Waals surface area contributed by atoms with E-state index >= 15 is 0 Å². The molecule has 1 aliphatic heterocycles. The monoisotopic (exact) mass is 260 g/mol. The lowest BCUT2D eigenvalue weighted by molar-refractivity contribution is -0.116. The van der Waals surface area contributed by atoms with Crippen molar-refractivity contribution in [3.05, 3.63) is 35.1 Å². The van der Waals surface area contributed by atoms with Gasteiger partial charge in [-0.2, -0.15) is 0 Å². The SMILES string of the molecule is C=C1CCC(C)(CCC2=CC(=O)C(C)=C(C)C2=O)O1. The van der Waals surface area contributed by atoms with Gasteiger partial charge in [0.25, 0.3) is 0 Å². The average Bonchev–Trinajstić information content (AvgIpc) is 2.70. The quantitative estimate of drug-likeness (QED) is 0.731. The number of carbonyl (C=O) groups excluding carboxylic acids is 2. The normalized spacial score (nSPS) is 27.7. The van der Waals surface area contributed by atoms with Gasteiger partial charge in [-0.25, -0.2) is 0 Å². The van der Waals surface area contributed by atoms with E-state index in [1.165, 1.54) is 6.08 Å². The molecule has 19 heavy (non-hydrogen) atoms. The molecule has 1 aliphatic carbocycles.